The lowest BCUT2D eigenvalue weighted by Crippen LogP contribution is -2.46. The van der Waals surface area contributed by atoms with Crippen LogP contribution in [0.3, 0.4) is 0 Å². The van der Waals surface area contributed by atoms with Gasteiger partial charge in [0.25, 0.3) is 0 Å². The van der Waals surface area contributed by atoms with Crippen molar-refractivity contribution in [1.29, 1.82) is 0 Å². The van der Waals surface area contributed by atoms with E-state index in [2.05, 4.69) is 4.98 Å². The Kier molecular flexibility index (Phi) is 2.52. The van der Waals surface area contributed by atoms with Gasteiger partial charge in [-0.25, -0.2) is 4.98 Å². The molecule has 1 saturated carbocycles. The predicted molar refractivity (Wildman–Crippen MR) is 57.7 cm³/mol. The zero-order chi connectivity index (χ0) is 11.1. The molecule has 1 heterocycles. The topological polar surface area (TPSA) is 76.2 Å². The molecular weight excluding hydrogens is 212 g/mol. The highest BCUT2D eigenvalue weighted by Crippen LogP contribution is 2.49. The van der Waals surface area contributed by atoms with Crippen molar-refractivity contribution in [2.75, 3.05) is 0 Å². The number of hydrogen-bond donors (Lipinski definition) is 2. The SMILES string of the molecule is Cc1nc(C(N)C2(C(=O)O)CCC2)cs1. The fourth-order valence-corrected chi connectivity index (χ4v) is 2.67. The van der Waals surface area contributed by atoms with E-state index in [9.17, 15) is 9.90 Å². The van der Waals surface area contributed by atoms with Gasteiger partial charge < -0.3 is 10.8 Å². The minimum absolute atomic E-state index is 0.464. The van der Waals surface area contributed by atoms with Gasteiger partial charge in [-0.2, -0.15) is 0 Å². The molecule has 4 nitrogen and oxygen atoms in total. The summed E-state index contributed by atoms with van der Waals surface area (Å²) in [4.78, 5) is 15.5. The van der Waals surface area contributed by atoms with Crippen LogP contribution in [0.1, 0.15) is 36.0 Å². The monoisotopic (exact) mass is 226 g/mol. The maximum Gasteiger partial charge on any atom is 0.311 e. The highest BCUT2D eigenvalue weighted by molar-refractivity contribution is 7.09. The van der Waals surface area contributed by atoms with Crippen molar-refractivity contribution in [2.45, 2.75) is 32.2 Å². The summed E-state index contributed by atoms with van der Waals surface area (Å²) in [5.74, 6) is -0.785. The summed E-state index contributed by atoms with van der Waals surface area (Å²) >= 11 is 1.51. The number of carboxylic acids is 1. The molecule has 0 aromatic carbocycles. The van der Waals surface area contributed by atoms with E-state index in [0.717, 1.165) is 17.1 Å². The number of nitrogens with zero attached hydrogens (tertiary/aromatic N) is 1. The molecule has 1 fully saturated rings. The average Bonchev–Trinajstić information content (AvgIpc) is 2.48. The normalized spacial score (nSPS) is 20.7. The van der Waals surface area contributed by atoms with Crippen LogP contribution in [0.5, 0.6) is 0 Å². The molecule has 0 bridgehead atoms. The van der Waals surface area contributed by atoms with Crippen molar-refractivity contribution in [1.82, 2.24) is 4.98 Å². The third-order valence-electron chi connectivity index (χ3n) is 3.22. The molecule has 1 aromatic rings. The molecule has 0 amide bonds. The van der Waals surface area contributed by atoms with Gasteiger partial charge in [0.15, 0.2) is 0 Å². The Labute approximate surface area is 92.1 Å². The Morgan fingerprint density at radius 1 is 1.73 bits per heavy atom. The van der Waals surface area contributed by atoms with Crippen molar-refractivity contribution in [3.05, 3.63) is 16.1 Å². The molecule has 1 unspecified atom stereocenters. The highest BCUT2D eigenvalue weighted by atomic mass is 32.1. The first-order valence-corrected chi connectivity index (χ1v) is 5.85. The molecule has 0 spiro atoms. The minimum Gasteiger partial charge on any atom is -0.481 e. The van der Waals surface area contributed by atoms with Crippen LogP contribution in [0.2, 0.25) is 0 Å². The molecule has 15 heavy (non-hydrogen) atoms. The van der Waals surface area contributed by atoms with Gasteiger partial charge in [-0.05, 0) is 19.8 Å². The number of rotatable bonds is 3. The average molecular weight is 226 g/mol. The first-order valence-electron chi connectivity index (χ1n) is 4.97. The van der Waals surface area contributed by atoms with Gasteiger partial charge >= 0.3 is 5.97 Å². The summed E-state index contributed by atoms with van der Waals surface area (Å²) in [6.45, 7) is 1.90. The van der Waals surface area contributed by atoms with E-state index in [1.807, 2.05) is 12.3 Å². The second kappa shape index (κ2) is 3.57. The Balaban J connectivity index is 2.26. The van der Waals surface area contributed by atoms with Crippen LogP contribution in [-0.4, -0.2) is 16.1 Å². The largest absolute Gasteiger partial charge is 0.481 e. The van der Waals surface area contributed by atoms with E-state index in [1.54, 1.807) is 0 Å². The Hall–Kier alpha value is -0.940. The van der Waals surface area contributed by atoms with Crippen molar-refractivity contribution < 1.29 is 9.90 Å². The van der Waals surface area contributed by atoms with Crippen LogP contribution in [-0.2, 0) is 4.79 Å². The Bertz CT molecular complexity index is 385. The van der Waals surface area contributed by atoms with Crippen LogP contribution in [0.15, 0.2) is 5.38 Å². The maximum atomic E-state index is 11.2. The number of aryl methyl sites for hydroxylation is 1. The summed E-state index contributed by atoms with van der Waals surface area (Å²) in [7, 11) is 0. The maximum absolute atomic E-state index is 11.2. The molecule has 3 N–H and O–H groups in total. The number of carboxylic acid groups (broad SMARTS) is 1. The lowest BCUT2D eigenvalue weighted by molar-refractivity contribution is -0.156. The molecular formula is C10H14N2O2S. The van der Waals surface area contributed by atoms with Gasteiger partial charge in [0.2, 0.25) is 0 Å². The van der Waals surface area contributed by atoms with Crippen LogP contribution < -0.4 is 5.73 Å². The van der Waals surface area contributed by atoms with E-state index in [1.165, 1.54) is 11.3 Å². The molecule has 2 rings (SSSR count). The van der Waals surface area contributed by atoms with Gasteiger partial charge in [0.1, 0.15) is 0 Å². The van der Waals surface area contributed by atoms with Gasteiger partial charge in [-0.15, -0.1) is 11.3 Å². The number of hydrogen-bond acceptors (Lipinski definition) is 4. The highest BCUT2D eigenvalue weighted by Gasteiger charge is 2.50. The Morgan fingerprint density at radius 3 is 2.73 bits per heavy atom. The number of aromatic nitrogens is 1. The molecule has 0 aliphatic heterocycles. The first kappa shape index (κ1) is 10.6. The second-order valence-corrected chi connectivity index (χ2v) is 5.15. The minimum atomic E-state index is -0.785. The number of aliphatic carboxylic acids is 1. The number of carbonyl (C=O) groups is 1. The third kappa shape index (κ3) is 1.55. The van der Waals surface area contributed by atoms with Gasteiger partial charge in [-0.3, -0.25) is 4.79 Å². The van der Waals surface area contributed by atoms with Gasteiger partial charge in [-0.1, -0.05) is 6.42 Å². The van der Waals surface area contributed by atoms with Crippen LogP contribution in [0, 0.1) is 12.3 Å². The fraction of sp³-hybridized carbons (Fsp3) is 0.600. The molecule has 0 radical (unpaired) electrons. The Morgan fingerprint density at radius 2 is 2.40 bits per heavy atom. The van der Waals surface area contributed by atoms with E-state index >= 15 is 0 Å². The van der Waals surface area contributed by atoms with Crippen molar-refractivity contribution in [3.63, 3.8) is 0 Å². The van der Waals surface area contributed by atoms with Crippen LogP contribution >= 0.6 is 11.3 Å². The van der Waals surface area contributed by atoms with E-state index in [4.69, 9.17) is 5.73 Å². The van der Waals surface area contributed by atoms with Crippen molar-refractivity contribution in [3.8, 4) is 0 Å². The molecule has 1 aromatic heterocycles. The smallest absolute Gasteiger partial charge is 0.311 e. The third-order valence-corrected chi connectivity index (χ3v) is 4.01. The molecule has 5 heteroatoms. The van der Waals surface area contributed by atoms with Gasteiger partial charge in [0.05, 0.1) is 22.2 Å². The van der Waals surface area contributed by atoms with Gasteiger partial charge in [0, 0.05) is 5.38 Å². The molecule has 0 saturated heterocycles. The number of nitrogens with two attached hydrogens (primary N) is 1. The fourth-order valence-electron chi connectivity index (χ4n) is 2.02. The van der Waals surface area contributed by atoms with E-state index in [-0.39, 0.29) is 0 Å². The summed E-state index contributed by atoms with van der Waals surface area (Å²) in [5, 5.41) is 12.0. The van der Waals surface area contributed by atoms with Crippen molar-refractivity contribution >= 4 is 17.3 Å². The van der Waals surface area contributed by atoms with E-state index in [0.29, 0.717) is 12.8 Å². The molecule has 1 aliphatic rings. The molecule has 82 valence electrons. The zero-order valence-corrected chi connectivity index (χ0v) is 9.38. The molecule has 1 atom stereocenters. The lowest BCUT2D eigenvalue weighted by Gasteiger charge is -2.41. The lowest BCUT2D eigenvalue weighted by atomic mass is 9.63. The van der Waals surface area contributed by atoms with Crippen molar-refractivity contribution in [2.24, 2.45) is 11.1 Å². The quantitative estimate of drug-likeness (QED) is 0.822. The van der Waals surface area contributed by atoms with E-state index < -0.39 is 17.4 Å². The molecule has 1 aliphatic carbocycles. The standard InChI is InChI=1S/C10H14N2O2S/c1-6-12-7(5-15-6)8(11)10(9(13)14)3-2-4-10/h5,8H,2-4,11H2,1H3,(H,13,14). The second-order valence-electron chi connectivity index (χ2n) is 4.08. The van der Waals surface area contributed by atoms with Crippen LogP contribution in [0.4, 0.5) is 0 Å². The summed E-state index contributed by atoms with van der Waals surface area (Å²) in [6.07, 6.45) is 2.28. The summed E-state index contributed by atoms with van der Waals surface area (Å²) < 4.78 is 0. The predicted octanol–water partition coefficient (Wildman–Crippen LogP) is 1.71. The first-order chi connectivity index (χ1) is 7.06. The summed E-state index contributed by atoms with van der Waals surface area (Å²) in [6, 6.07) is -0.464. The van der Waals surface area contributed by atoms with Crippen LogP contribution in [0.25, 0.3) is 0 Å². The zero-order valence-electron chi connectivity index (χ0n) is 8.56. The summed E-state index contributed by atoms with van der Waals surface area (Å²) in [5.41, 5.74) is 5.97. The number of thiazole rings is 1.